The van der Waals surface area contributed by atoms with Crippen LogP contribution in [0.15, 0.2) is 82.6 Å². The van der Waals surface area contributed by atoms with Crippen LogP contribution >= 0.6 is 11.8 Å². The molecule has 0 radical (unpaired) electrons. The molecule has 2 amide bonds. The van der Waals surface area contributed by atoms with Gasteiger partial charge in [-0.25, -0.2) is 4.39 Å². The number of nitrogens with one attached hydrogen (secondary N) is 1. The van der Waals surface area contributed by atoms with E-state index in [1.807, 2.05) is 73.7 Å². The van der Waals surface area contributed by atoms with Crippen molar-refractivity contribution in [1.82, 2.24) is 10.2 Å². The average molecular weight is 545 g/mol. The molecule has 1 N–H and O–H groups in total. The molecule has 0 saturated carbocycles. The lowest BCUT2D eigenvalue weighted by atomic mass is 10.1. The van der Waals surface area contributed by atoms with Gasteiger partial charge in [-0.2, -0.15) is 0 Å². The van der Waals surface area contributed by atoms with Gasteiger partial charge in [0, 0.05) is 43.3 Å². The van der Waals surface area contributed by atoms with E-state index in [1.165, 1.54) is 23.9 Å². The molecule has 5 rings (SSSR count). The van der Waals surface area contributed by atoms with Crippen molar-refractivity contribution in [3.8, 4) is 0 Å². The summed E-state index contributed by atoms with van der Waals surface area (Å²) in [6.07, 6.45) is 2.73. The SMILES string of the molecule is Cc1ccc(/C=C2\Sc3ccccc3N(CC(=O)NCCCN3CCN(c4ccc(F)cc4)CC3)C2=O)cc1. The lowest BCUT2D eigenvalue weighted by Crippen LogP contribution is -2.47. The van der Waals surface area contributed by atoms with Gasteiger partial charge >= 0.3 is 0 Å². The van der Waals surface area contributed by atoms with Crippen LogP contribution in [0.5, 0.6) is 0 Å². The van der Waals surface area contributed by atoms with Gasteiger partial charge in [-0.15, -0.1) is 0 Å². The first-order valence-electron chi connectivity index (χ1n) is 13.3. The minimum absolute atomic E-state index is 0.0159. The molecule has 1 fully saturated rings. The molecule has 0 atom stereocenters. The first-order valence-corrected chi connectivity index (χ1v) is 14.1. The maximum Gasteiger partial charge on any atom is 0.265 e. The number of nitrogens with zero attached hydrogens (tertiary/aromatic N) is 3. The van der Waals surface area contributed by atoms with Crippen LogP contribution in [0.4, 0.5) is 15.8 Å². The van der Waals surface area contributed by atoms with Crippen LogP contribution in [0.3, 0.4) is 0 Å². The van der Waals surface area contributed by atoms with Gasteiger partial charge in [0.1, 0.15) is 12.4 Å². The molecule has 2 aliphatic heterocycles. The number of benzene rings is 3. The van der Waals surface area contributed by atoms with Crippen molar-refractivity contribution in [2.24, 2.45) is 0 Å². The van der Waals surface area contributed by atoms with Crippen molar-refractivity contribution in [3.05, 3.63) is 94.6 Å². The fourth-order valence-electron chi connectivity index (χ4n) is 4.84. The maximum atomic E-state index is 13.4. The largest absolute Gasteiger partial charge is 0.369 e. The van der Waals surface area contributed by atoms with Gasteiger partial charge in [0.2, 0.25) is 5.91 Å². The van der Waals surface area contributed by atoms with Crippen LogP contribution in [-0.4, -0.2) is 62.5 Å². The van der Waals surface area contributed by atoms with Gasteiger partial charge in [0.25, 0.3) is 5.91 Å². The Labute approximate surface area is 233 Å². The molecule has 3 aromatic rings. The summed E-state index contributed by atoms with van der Waals surface area (Å²) in [6, 6.07) is 22.4. The predicted molar refractivity (Wildman–Crippen MR) is 156 cm³/mol. The van der Waals surface area contributed by atoms with Crippen molar-refractivity contribution in [1.29, 1.82) is 0 Å². The summed E-state index contributed by atoms with van der Waals surface area (Å²) >= 11 is 1.44. The quantitative estimate of drug-likeness (QED) is 0.322. The van der Waals surface area contributed by atoms with Crippen LogP contribution in [0.2, 0.25) is 0 Å². The third-order valence-corrected chi connectivity index (χ3v) is 8.12. The summed E-state index contributed by atoms with van der Waals surface area (Å²) in [6.45, 7) is 7.11. The Kier molecular flexibility index (Phi) is 8.64. The Balaban J connectivity index is 1.11. The molecule has 6 nitrogen and oxygen atoms in total. The fraction of sp³-hybridized carbons (Fsp3) is 0.290. The molecule has 0 spiro atoms. The number of thioether (sulfide) groups is 1. The monoisotopic (exact) mass is 544 g/mol. The normalized spacial score (nSPS) is 16.9. The summed E-state index contributed by atoms with van der Waals surface area (Å²) < 4.78 is 13.2. The highest BCUT2D eigenvalue weighted by molar-refractivity contribution is 8.04. The molecular weight excluding hydrogens is 511 g/mol. The molecule has 8 heteroatoms. The lowest BCUT2D eigenvalue weighted by Gasteiger charge is -2.36. The van der Waals surface area contributed by atoms with Crippen molar-refractivity contribution in [3.63, 3.8) is 0 Å². The van der Waals surface area contributed by atoms with Crippen LogP contribution in [0.25, 0.3) is 6.08 Å². The Hall–Kier alpha value is -3.62. The second-order valence-corrected chi connectivity index (χ2v) is 11.0. The molecular formula is C31H33FN4O2S. The smallest absolute Gasteiger partial charge is 0.265 e. The number of halogens is 1. The number of fused-ring (bicyclic) bond motifs is 1. The molecule has 0 bridgehead atoms. The van der Waals surface area contributed by atoms with Crippen LogP contribution < -0.4 is 15.1 Å². The van der Waals surface area contributed by atoms with E-state index in [1.54, 1.807) is 4.90 Å². The number of carbonyl (C=O) groups excluding carboxylic acids is 2. The van der Waals surface area contributed by atoms with Gasteiger partial charge in [-0.3, -0.25) is 19.4 Å². The number of aryl methyl sites for hydroxylation is 1. The second kappa shape index (κ2) is 12.5. The van der Waals surface area contributed by atoms with Crippen LogP contribution in [0, 0.1) is 12.7 Å². The zero-order valence-corrected chi connectivity index (χ0v) is 22.9. The summed E-state index contributed by atoms with van der Waals surface area (Å²) in [4.78, 5) is 34.1. The fourth-order valence-corrected chi connectivity index (χ4v) is 5.90. The summed E-state index contributed by atoms with van der Waals surface area (Å²) in [7, 11) is 0. The minimum Gasteiger partial charge on any atom is -0.369 e. The van der Waals surface area contributed by atoms with Gasteiger partial charge in [-0.05, 0) is 67.9 Å². The van der Waals surface area contributed by atoms with Gasteiger partial charge in [0.15, 0.2) is 0 Å². The number of para-hydroxylation sites is 1. The predicted octanol–water partition coefficient (Wildman–Crippen LogP) is 4.94. The molecule has 1 saturated heterocycles. The third kappa shape index (κ3) is 6.88. The lowest BCUT2D eigenvalue weighted by molar-refractivity contribution is -0.122. The maximum absolute atomic E-state index is 13.4. The zero-order valence-electron chi connectivity index (χ0n) is 22.1. The van der Waals surface area contributed by atoms with E-state index in [4.69, 9.17) is 0 Å². The Morgan fingerprint density at radius 1 is 0.974 bits per heavy atom. The summed E-state index contributed by atoms with van der Waals surface area (Å²) in [5.74, 6) is -0.541. The van der Waals surface area contributed by atoms with Crippen molar-refractivity contribution < 1.29 is 14.0 Å². The molecule has 0 aromatic heterocycles. The molecule has 3 aromatic carbocycles. The van der Waals surface area contributed by atoms with E-state index in [9.17, 15) is 14.0 Å². The Morgan fingerprint density at radius 3 is 2.44 bits per heavy atom. The molecule has 2 heterocycles. The molecule has 39 heavy (non-hydrogen) atoms. The standard InChI is InChI=1S/C31H33FN4O2S/c1-23-7-9-24(10-8-23)21-29-31(38)36(27-5-2-3-6-28(27)39-29)22-30(37)33-15-4-16-34-17-19-35(20-18-34)26-13-11-25(32)12-14-26/h2-3,5-14,21H,4,15-20,22H2,1H3,(H,33,37)/b29-21-. The van der Waals surface area contributed by atoms with E-state index < -0.39 is 0 Å². The van der Waals surface area contributed by atoms with Crippen LogP contribution in [-0.2, 0) is 9.59 Å². The minimum atomic E-state index is -0.216. The number of amides is 2. The van der Waals surface area contributed by atoms with E-state index >= 15 is 0 Å². The number of carbonyl (C=O) groups is 2. The van der Waals surface area contributed by atoms with Gasteiger partial charge in [-0.1, -0.05) is 53.7 Å². The topological polar surface area (TPSA) is 55.9 Å². The molecule has 202 valence electrons. The highest BCUT2D eigenvalue weighted by Crippen LogP contribution is 2.41. The number of anilines is 2. The van der Waals surface area contributed by atoms with E-state index in [0.717, 1.165) is 66.5 Å². The highest BCUT2D eigenvalue weighted by atomic mass is 32.2. The third-order valence-electron chi connectivity index (χ3n) is 7.05. The first-order chi connectivity index (χ1) is 19.0. The van der Waals surface area contributed by atoms with E-state index in [-0.39, 0.29) is 24.2 Å². The first kappa shape index (κ1) is 27.0. The van der Waals surface area contributed by atoms with Crippen LogP contribution in [0.1, 0.15) is 17.5 Å². The van der Waals surface area contributed by atoms with E-state index in [0.29, 0.717) is 11.4 Å². The van der Waals surface area contributed by atoms with Crippen molar-refractivity contribution in [2.75, 3.05) is 55.6 Å². The number of piperazine rings is 1. The number of hydrogen-bond acceptors (Lipinski definition) is 5. The molecule has 2 aliphatic rings. The van der Waals surface area contributed by atoms with Gasteiger partial charge < -0.3 is 10.2 Å². The van der Waals surface area contributed by atoms with E-state index in [2.05, 4.69) is 15.1 Å². The Bertz CT molecular complexity index is 1340. The zero-order chi connectivity index (χ0) is 27.2. The molecule has 0 aliphatic carbocycles. The summed E-state index contributed by atoms with van der Waals surface area (Å²) in [5.41, 5.74) is 3.93. The van der Waals surface area contributed by atoms with Crippen molar-refractivity contribution >= 4 is 41.0 Å². The summed E-state index contributed by atoms with van der Waals surface area (Å²) in [5, 5.41) is 3.00. The highest BCUT2D eigenvalue weighted by Gasteiger charge is 2.30. The number of rotatable bonds is 8. The second-order valence-electron chi connectivity index (χ2n) is 9.89. The Morgan fingerprint density at radius 2 is 1.69 bits per heavy atom. The molecule has 0 unspecified atom stereocenters. The van der Waals surface area contributed by atoms with Crippen molar-refractivity contribution in [2.45, 2.75) is 18.2 Å². The van der Waals surface area contributed by atoms with Gasteiger partial charge in [0.05, 0.1) is 10.6 Å². The average Bonchev–Trinajstić information content (AvgIpc) is 2.95. The number of hydrogen-bond donors (Lipinski definition) is 1.